The number of rotatable bonds is 2. The van der Waals surface area contributed by atoms with Gasteiger partial charge in [-0.1, -0.05) is 0 Å². The topological polar surface area (TPSA) is 53.2 Å². The SMILES string of the molecule is CC1(C)CC(Nc2ccc3c(c2)CCC(=O)N3)CN1. The summed E-state index contributed by atoms with van der Waals surface area (Å²) in [5.41, 5.74) is 3.57. The average molecular weight is 259 g/mol. The van der Waals surface area contributed by atoms with E-state index < -0.39 is 0 Å². The molecule has 1 unspecified atom stereocenters. The van der Waals surface area contributed by atoms with E-state index in [-0.39, 0.29) is 11.4 Å². The Balaban J connectivity index is 1.71. The van der Waals surface area contributed by atoms with Crippen LogP contribution in [0.15, 0.2) is 18.2 Å². The first-order chi connectivity index (χ1) is 9.02. The van der Waals surface area contributed by atoms with Crippen molar-refractivity contribution in [2.75, 3.05) is 17.2 Å². The summed E-state index contributed by atoms with van der Waals surface area (Å²) in [7, 11) is 0. The maximum Gasteiger partial charge on any atom is 0.224 e. The molecule has 0 aromatic heterocycles. The summed E-state index contributed by atoms with van der Waals surface area (Å²) in [5, 5.41) is 10.0. The van der Waals surface area contributed by atoms with Crippen molar-refractivity contribution in [2.24, 2.45) is 0 Å². The number of aryl methyl sites for hydroxylation is 1. The summed E-state index contributed by atoms with van der Waals surface area (Å²) in [6, 6.07) is 6.70. The Morgan fingerprint density at radius 2 is 2.16 bits per heavy atom. The molecule has 0 aliphatic carbocycles. The minimum absolute atomic E-state index is 0.120. The molecule has 102 valence electrons. The third-order valence-electron chi connectivity index (χ3n) is 3.96. The quantitative estimate of drug-likeness (QED) is 0.762. The molecule has 1 fully saturated rings. The molecule has 2 heterocycles. The Bertz CT molecular complexity index is 510. The molecule has 4 nitrogen and oxygen atoms in total. The van der Waals surface area contributed by atoms with Crippen molar-refractivity contribution in [1.29, 1.82) is 0 Å². The van der Waals surface area contributed by atoms with Crippen LogP contribution in [0.25, 0.3) is 0 Å². The summed E-state index contributed by atoms with van der Waals surface area (Å²) < 4.78 is 0. The molecular weight excluding hydrogens is 238 g/mol. The first kappa shape index (κ1) is 12.5. The van der Waals surface area contributed by atoms with Crippen LogP contribution in [0.3, 0.4) is 0 Å². The summed E-state index contributed by atoms with van der Waals surface area (Å²) in [6.45, 7) is 5.47. The van der Waals surface area contributed by atoms with E-state index in [1.165, 1.54) is 5.56 Å². The van der Waals surface area contributed by atoms with Crippen molar-refractivity contribution in [3.63, 3.8) is 0 Å². The van der Waals surface area contributed by atoms with E-state index in [0.29, 0.717) is 12.5 Å². The molecule has 1 aromatic rings. The highest BCUT2D eigenvalue weighted by Crippen LogP contribution is 2.27. The number of hydrogen-bond donors (Lipinski definition) is 3. The smallest absolute Gasteiger partial charge is 0.224 e. The molecule has 19 heavy (non-hydrogen) atoms. The van der Waals surface area contributed by atoms with E-state index in [2.05, 4.69) is 41.9 Å². The van der Waals surface area contributed by atoms with E-state index in [1.54, 1.807) is 0 Å². The molecular formula is C15H21N3O. The van der Waals surface area contributed by atoms with Gasteiger partial charge in [-0.3, -0.25) is 4.79 Å². The second kappa shape index (κ2) is 4.53. The summed E-state index contributed by atoms with van der Waals surface area (Å²) in [4.78, 5) is 11.3. The standard InChI is InChI=1S/C15H21N3O/c1-15(2)8-12(9-16-15)17-11-4-5-13-10(7-11)3-6-14(19)18-13/h4-5,7,12,16-17H,3,6,8-9H2,1-2H3,(H,18,19). The Hall–Kier alpha value is -1.55. The van der Waals surface area contributed by atoms with E-state index in [0.717, 1.165) is 30.8 Å². The number of fused-ring (bicyclic) bond motifs is 1. The number of anilines is 2. The Morgan fingerprint density at radius 1 is 1.32 bits per heavy atom. The number of carbonyl (C=O) groups is 1. The van der Waals surface area contributed by atoms with Gasteiger partial charge < -0.3 is 16.0 Å². The highest BCUT2D eigenvalue weighted by molar-refractivity contribution is 5.94. The van der Waals surface area contributed by atoms with Gasteiger partial charge in [-0.2, -0.15) is 0 Å². The van der Waals surface area contributed by atoms with E-state index in [1.807, 2.05) is 6.07 Å². The molecule has 0 saturated carbocycles. The zero-order chi connectivity index (χ0) is 13.5. The van der Waals surface area contributed by atoms with Crippen LogP contribution in [0, 0.1) is 0 Å². The first-order valence-electron chi connectivity index (χ1n) is 6.96. The number of nitrogens with one attached hydrogen (secondary N) is 3. The zero-order valence-corrected chi connectivity index (χ0v) is 11.5. The van der Waals surface area contributed by atoms with Gasteiger partial charge in [0.1, 0.15) is 0 Å². The van der Waals surface area contributed by atoms with Crippen molar-refractivity contribution in [3.8, 4) is 0 Å². The molecule has 0 radical (unpaired) electrons. The second-order valence-electron chi connectivity index (χ2n) is 6.23. The lowest BCUT2D eigenvalue weighted by molar-refractivity contribution is -0.116. The number of carbonyl (C=O) groups excluding carboxylic acids is 1. The summed E-state index contributed by atoms with van der Waals surface area (Å²) >= 11 is 0. The van der Waals surface area contributed by atoms with Crippen LogP contribution >= 0.6 is 0 Å². The lowest BCUT2D eigenvalue weighted by Gasteiger charge is -2.20. The van der Waals surface area contributed by atoms with Crippen LogP contribution in [-0.2, 0) is 11.2 Å². The number of amides is 1. The van der Waals surface area contributed by atoms with Gasteiger partial charge >= 0.3 is 0 Å². The molecule has 3 rings (SSSR count). The number of hydrogen-bond acceptors (Lipinski definition) is 3. The fourth-order valence-electron chi connectivity index (χ4n) is 2.97. The van der Waals surface area contributed by atoms with Gasteiger partial charge in [-0.05, 0) is 50.5 Å². The molecule has 2 aliphatic heterocycles. The summed E-state index contributed by atoms with van der Waals surface area (Å²) in [5.74, 6) is 0.120. The fraction of sp³-hybridized carbons (Fsp3) is 0.533. The minimum atomic E-state index is 0.120. The zero-order valence-electron chi connectivity index (χ0n) is 11.5. The highest BCUT2D eigenvalue weighted by Gasteiger charge is 2.30. The van der Waals surface area contributed by atoms with Crippen LogP contribution < -0.4 is 16.0 Å². The van der Waals surface area contributed by atoms with Gasteiger partial charge in [0.2, 0.25) is 5.91 Å². The third-order valence-corrected chi connectivity index (χ3v) is 3.96. The van der Waals surface area contributed by atoms with Crippen molar-refractivity contribution in [1.82, 2.24) is 5.32 Å². The third kappa shape index (κ3) is 2.73. The van der Waals surface area contributed by atoms with Crippen molar-refractivity contribution in [2.45, 2.75) is 44.7 Å². The minimum Gasteiger partial charge on any atom is -0.381 e. The Labute approximate surface area is 114 Å². The lowest BCUT2D eigenvalue weighted by Crippen LogP contribution is -2.31. The van der Waals surface area contributed by atoms with Crippen LogP contribution in [-0.4, -0.2) is 24.0 Å². The maximum atomic E-state index is 11.3. The second-order valence-corrected chi connectivity index (χ2v) is 6.23. The van der Waals surface area contributed by atoms with E-state index in [4.69, 9.17) is 0 Å². The van der Waals surface area contributed by atoms with Crippen LogP contribution in [0.4, 0.5) is 11.4 Å². The van der Waals surface area contributed by atoms with Crippen molar-refractivity contribution >= 4 is 17.3 Å². The molecule has 1 aromatic carbocycles. The van der Waals surface area contributed by atoms with Gasteiger partial charge in [-0.25, -0.2) is 0 Å². The molecule has 2 aliphatic rings. The van der Waals surface area contributed by atoms with Gasteiger partial charge in [0.05, 0.1) is 0 Å². The Kier molecular flexibility index (Phi) is 2.97. The summed E-state index contributed by atoms with van der Waals surface area (Å²) in [6.07, 6.45) is 2.56. The van der Waals surface area contributed by atoms with Crippen LogP contribution in [0.2, 0.25) is 0 Å². The van der Waals surface area contributed by atoms with Crippen molar-refractivity contribution < 1.29 is 4.79 Å². The maximum absolute atomic E-state index is 11.3. The normalized spacial score (nSPS) is 24.7. The molecule has 0 spiro atoms. The van der Waals surface area contributed by atoms with E-state index >= 15 is 0 Å². The number of benzene rings is 1. The van der Waals surface area contributed by atoms with Gasteiger partial charge in [0.25, 0.3) is 0 Å². The molecule has 1 amide bonds. The van der Waals surface area contributed by atoms with Gasteiger partial charge in [-0.15, -0.1) is 0 Å². The van der Waals surface area contributed by atoms with Gasteiger partial charge in [0.15, 0.2) is 0 Å². The first-order valence-corrected chi connectivity index (χ1v) is 6.96. The Morgan fingerprint density at radius 3 is 2.89 bits per heavy atom. The molecule has 4 heteroatoms. The molecule has 1 saturated heterocycles. The van der Waals surface area contributed by atoms with Crippen LogP contribution in [0.1, 0.15) is 32.3 Å². The largest absolute Gasteiger partial charge is 0.381 e. The molecule has 0 bridgehead atoms. The van der Waals surface area contributed by atoms with E-state index in [9.17, 15) is 4.79 Å². The van der Waals surface area contributed by atoms with Crippen LogP contribution in [0.5, 0.6) is 0 Å². The average Bonchev–Trinajstić information content (AvgIpc) is 2.69. The van der Waals surface area contributed by atoms with Gasteiger partial charge in [0, 0.05) is 35.9 Å². The monoisotopic (exact) mass is 259 g/mol. The molecule has 1 atom stereocenters. The fourth-order valence-corrected chi connectivity index (χ4v) is 2.97. The highest BCUT2D eigenvalue weighted by atomic mass is 16.1. The predicted molar refractivity (Wildman–Crippen MR) is 77.5 cm³/mol. The lowest BCUT2D eigenvalue weighted by atomic mass is 10.00. The molecule has 3 N–H and O–H groups in total. The van der Waals surface area contributed by atoms with Crippen molar-refractivity contribution in [3.05, 3.63) is 23.8 Å². The predicted octanol–water partition coefficient (Wildman–Crippen LogP) is 2.12.